The first kappa shape index (κ1) is 18.2. The van der Waals surface area contributed by atoms with Crippen molar-refractivity contribution < 1.29 is 14.6 Å². The predicted molar refractivity (Wildman–Crippen MR) is 83.4 cm³/mol. The lowest BCUT2D eigenvalue weighted by molar-refractivity contribution is 0.0270. The normalized spacial score (nSPS) is 22.5. The number of likely N-dealkylation sites (tertiary alicyclic amines) is 1. The van der Waals surface area contributed by atoms with Gasteiger partial charge in [-0.2, -0.15) is 0 Å². The van der Waals surface area contributed by atoms with Gasteiger partial charge in [-0.15, -0.1) is 0 Å². The van der Waals surface area contributed by atoms with E-state index in [1.165, 1.54) is 0 Å². The fourth-order valence-electron chi connectivity index (χ4n) is 2.52. The Balaban J connectivity index is 2.36. The van der Waals surface area contributed by atoms with Crippen molar-refractivity contribution in [2.75, 3.05) is 40.3 Å². The third kappa shape index (κ3) is 7.11. The molecule has 0 aliphatic carbocycles. The molecule has 2 atom stereocenters. The zero-order chi connectivity index (χ0) is 16.3. The summed E-state index contributed by atoms with van der Waals surface area (Å²) in [4.78, 5) is 15.7. The standard InChI is InChI=1S/C15H31N3O3/c1-14(2,3)21-13(19)18-8-7-12(9-18)16-10-15(4,20)11-17(5)6/h12,16,20H,7-11H2,1-6H3. The predicted octanol–water partition coefficient (Wildman–Crippen LogP) is 0.898. The van der Waals surface area contributed by atoms with E-state index in [2.05, 4.69) is 5.32 Å². The number of likely N-dealkylation sites (N-methyl/N-ethyl adjacent to an activating group) is 1. The second kappa shape index (κ2) is 6.94. The van der Waals surface area contributed by atoms with E-state index in [0.717, 1.165) is 6.42 Å². The summed E-state index contributed by atoms with van der Waals surface area (Å²) in [6, 6.07) is 0.214. The summed E-state index contributed by atoms with van der Waals surface area (Å²) in [5.41, 5.74) is -1.24. The van der Waals surface area contributed by atoms with Crippen molar-refractivity contribution in [1.29, 1.82) is 0 Å². The van der Waals surface area contributed by atoms with E-state index in [1.807, 2.05) is 46.7 Å². The fraction of sp³-hybridized carbons (Fsp3) is 0.933. The van der Waals surface area contributed by atoms with Crippen LogP contribution in [0.25, 0.3) is 0 Å². The van der Waals surface area contributed by atoms with Crippen LogP contribution >= 0.6 is 0 Å². The first-order valence-electron chi connectivity index (χ1n) is 7.57. The first-order valence-corrected chi connectivity index (χ1v) is 7.57. The van der Waals surface area contributed by atoms with Gasteiger partial charge in [-0.25, -0.2) is 4.79 Å². The van der Waals surface area contributed by atoms with E-state index in [9.17, 15) is 9.90 Å². The van der Waals surface area contributed by atoms with Crippen LogP contribution in [0.3, 0.4) is 0 Å². The Morgan fingerprint density at radius 3 is 2.52 bits per heavy atom. The number of rotatable bonds is 5. The van der Waals surface area contributed by atoms with E-state index in [0.29, 0.717) is 26.2 Å². The second-order valence-corrected chi connectivity index (χ2v) is 7.53. The topological polar surface area (TPSA) is 65.0 Å². The number of carbonyl (C=O) groups excluding carboxylic acids is 1. The van der Waals surface area contributed by atoms with Crippen molar-refractivity contribution in [3.8, 4) is 0 Å². The minimum Gasteiger partial charge on any atom is -0.444 e. The minimum absolute atomic E-state index is 0.214. The number of amides is 1. The lowest BCUT2D eigenvalue weighted by atomic mass is 10.1. The van der Waals surface area contributed by atoms with Gasteiger partial charge in [0.25, 0.3) is 0 Å². The van der Waals surface area contributed by atoms with Crippen molar-refractivity contribution >= 4 is 6.09 Å². The van der Waals surface area contributed by atoms with Crippen molar-refractivity contribution in [2.24, 2.45) is 0 Å². The maximum atomic E-state index is 12.0. The van der Waals surface area contributed by atoms with Gasteiger partial charge < -0.3 is 25.0 Å². The molecule has 1 saturated heterocycles. The smallest absolute Gasteiger partial charge is 0.410 e. The maximum Gasteiger partial charge on any atom is 0.410 e. The SMILES string of the molecule is CN(C)CC(C)(O)CNC1CCN(C(=O)OC(C)(C)C)C1. The quantitative estimate of drug-likeness (QED) is 0.790. The van der Waals surface area contributed by atoms with Gasteiger partial charge >= 0.3 is 6.09 Å². The van der Waals surface area contributed by atoms with Crippen LogP contribution in [-0.4, -0.2) is 78.5 Å². The molecule has 2 N–H and O–H groups in total. The van der Waals surface area contributed by atoms with E-state index < -0.39 is 11.2 Å². The molecule has 0 bridgehead atoms. The van der Waals surface area contributed by atoms with E-state index >= 15 is 0 Å². The molecule has 0 aromatic rings. The first-order chi connectivity index (χ1) is 9.48. The molecular formula is C15H31N3O3. The third-order valence-corrected chi connectivity index (χ3v) is 3.27. The van der Waals surface area contributed by atoms with Gasteiger partial charge in [0.1, 0.15) is 5.60 Å². The number of nitrogens with one attached hydrogen (secondary N) is 1. The number of hydrogen-bond donors (Lipinski definition) is 2. The van der Waals surface area contributed by atoms with Crippen molar-refractivity contribution in [2.45, 2.75) is 51.4 Å². The highest BCUT2D eigenvalue weighted by molar-refractivity contribution is 5.68. The van der Waals surface area contributed by atoms with Crippen LogP contribution in [0.5, 0.6) is 0 Å². The molecule has 1 amide bonds. The van der Waals surface area contributed by atoms with E-state index in [1.54, 1.807) is 4.90 Å². The summed E-state index contributed by atoms with van der Waals surface area (Å²) in [6.07, 6.45) is 0.629. The molecule has 0 aromatic heterocycles. The molecule has 6 nitrogen and oxygen atoms in total. The van der Waals surface area contributed by atoms with Gasteiger partial charge in [-0.1, -0.05) is 0 Å². The maximum absolute atomic E-state index is 12.0. The average Bonchev–Trinajstić information content (AvgIpc) is 2.70. The minimum atomic E-state index is -0.775. The summed E-state index contributed by atoms with van der Waals surface area (Å²) in [5, 5.41) is 13.6. The molecule has 1 rings (SSSR count). The van der Waals surface area contributed by atoms with Crippen LogP contribution in [0.2, 0.25) is 0 Å². The molecule has 1 fully saturated rings. The van der Waals surface area contributed by atoms with Crippen LogP contribution in [-0.2, 0) is 4.74 Å². The van der Waals surface area contributed by atoms with Crippen LogP contribution in [0.4, 0.5) is 4.79 Å². The summed E-state index contributed by atoms with van der Waals surface area (Å²) in [5.74, 6) is 0. The molecule has 1 aliphatic rings. The van der Waals surface area contributed by atoms with Crippen LogP contribution < -0.4 is 5.32 Å². The van der Waals surface area contributed by atoms with Gasteiger partial charge in [-0.3, -0.25) is 0 Å². The van der Waals surface area contributed by atoms with Crippen molar-refractivity contribution in [3.63, 3.8) is 0 Å². The Morgan fingerprint density at radius 1 is 1.38 bits per heavy atom. The highest BCUT2D eigenvalue weighted by Gasteiger charge is 2.31. The second-order valence-electron chi connectivity index (χ2n) is 7.53. The molecule has 124 valence electrons. The summed E-state index contributed by atoms with van der Waals surface area (Å²) in [7, 11) is 3.88. The fourth-order valence-corrected chi connectivity index (χ4v) is 2.52. The highest BCUT2D eigenvalue weighted by atomic mass is 16.6. The van der Waals surface area contributed by atoms with Gasteiger partial charge in [0, 0.05) is 32.2 Å². The Kier molecular flexibility index (Phi) is 6.01. The van der Waals surface area contributed by atoms with Gasteiger partial charge in [0.2, 0.25) is 0 Å². The van der Waals surface area contributed by atoms with Gasteiger partial charge in [0.15, 0.2) is 0 Å². The third-order valence-electron chi connectivity index (χ3n) is 3.27. The molecule has 0 radical (unpaired) electrons. The summed E-state index contributed by atoms with van der Waals surface area (Å²) >= 11 is 0. The van der Waals surface area contributed by atoms with Crippen LogP contribution in [0.1, 0.15) is 34.1 Å². The molecule has 1 heterocycles. The van der Waals surface area contributed by atoms with Gasteiger partial charge in [0.05, 0.1) is 5.60 Å². The monoisotopic (exact) mass is 301 g/mol. The molecule has 6 heteroatoms. The van der Waals surface area contributed by atoms with E-state index in [4.69, 9.17) is 4.74 Å². The van der Waals surface area contributed by atoms with Crippen molar-refractivity contribution in [3.05, 3.63) is 0 Å². The Hall–Kier alpha value is -0.850. The number of carbonyl (C=O) groups is 1. The van der Waals surface area contributed by atoms with E-state index in [-0.39, 0.29) is 12.1 Å². The number of hydrogen-bond acceptors (Lipinski definition) is 5. The molecule has 1 aliphatic heterocycles. The zero-order valence-electron chi connectivity index (χ0n) is 14.3. The average molecular weight is 301 g/mol. The Morgan fingerprint density at radius 2 is 2.00 bits per heavy atom. The lowest BCUT2D eigenvalue weighted by Crippen LogP contribution is -2.49. The Bertz CT molecular complexity index is 351. The molecule has 0 spiro atoms. The number of nitrogens with zero attached hydrogens (tertiary/aromatic N) is 2. The molecular weight excluding hydrogens is 270 g/mol. The van der Waals surface area contributed by atoms with Crippen LogP contribution in [0.15, 0.2) is 0 Å². The summed E-state index contributed by atoms with van der Waals surface area (Å²) < 4.78 is 5.37. The molecule has 2 unspecified atom stereocenters. The highest BCUT2D eigenvalue weighted by Crippen LogP contribution is 2.15. The summed E-state index contributed by atoms with van der Waals surface area (Å²) in [6.45, 7) is 9.87. The molecule has 21 heavy (non-hydrogen) atoms. The molecule has 0 aromatic carbocycles. The number of aliphatic hydroxyl groups is 1. The zero-order valence-corrected chi connectivity index (χ0v) is 14.3. The number of ether oxygens (including phenoxy) is 1. The molecule has 0 saturated carbocycles. The largest absolute Gasteiger partial charge is 0.444 e. The van der Waals surface area contributed by atoms with Crippen LogP contribution in [0, 0.1) is 0 Å². The van der Waals surface area contributed by atoms with Gasteiger partial charge in [-0.05, 0) is 48.2 Å². The van der Waals surface area contributed by atoms with Crippen molar-refractivity contribution in [1.82, 2.24) is 15.1 Å². The Labute approximate surface area is 128 Å². The lowest BCUT2D eigenvalue weighted by Gasteiger charge is -2.29.